The van der Waals surface area contributed by atoms with Crippen LogP contribution in [0, 0.1) is 6.92 Å². The second-order valence-electron chi connectivity index (χ2n) is 6.29. The number of hydrogen-bond donors (Lipinski definition) is 0. The van der Waals surface area contributed by atoms with E-state index in [9.17, 15) is 4.79 Å². The number of likely N-dealkylation sites (tertiary alicyclic amines) is 1. The number of aromatic nitrogens is 4. The number of carbonyl (C=O) groups is 1. The van der Waals surface area contributed by atoms with Gasteiger partial charge in [-0.25, -0.2) is 4.68 Å². The predicted octanol–water partition coefficient (Wildman–Crippen LogP) is 2.26. The first-order valence-electron chi connectivity index (χ1n) is 8.55. The van der Waals surface area contributed by atoms with Crippen LogP contribution in [0.25, 0.3) is 5.69 Å². The first kappa shape index (κ1) is 16.3. The van der Waals surface area contributed by atoms with Gasteiger partial charge in [-0.3, -0.25) is 4.79 Å². The second-order valence-corrected chi connectivity index (χ2v) is 6.29. The van der Waals surface area contributed by atoms with E-state index in [0.717, 1.165) is 17.8 Å². The third-order valence-electron chi connectivity index (χ3n) is 4.36. The summed E-state index contributed by atoms with van der Waals surface area (Å²) in [7, 11) is 0. The maximum Gasteiger partial charge on any atom is 0.254 e. The maximum absolute atomic E-state index is 12.8. The highest BCUT2D eigenvalue weighted by Gasteiger charge is 2.28. The molecule has 132 valence electrons. The fourth-order valence-corrected chi connectivity index (χ4v) is 3.01. The molecule has 0 N–H and O–H groups in total. The zero-order valence-corrected chi connectivity index (χ0v) is 14.4. The van der Waals surface area contributed by atoms with E-state index in [-0.39, 0.29) is 12.0 Å². The Hall–Kier alpha value is -3.22. The Bertz CT molecular complexity index is 893. The summed E-state index contributed by atoms with van der Waals surface area (Å²) < 4.78 is 7.59. The number of aryl methyl sites for hydroxylation is 1. The van der Waals surface area contributed by atoms with E-state index in [2.05, 4.69) is 15.3 Å². The number of benzene rings is 1. The minimum Gasteiger partial charge on any atom is -0.471 e. The van der Waals surface area contributed by atoms with Crippen LogP contribution >= 0.6 is 0 Å². The van der Waals surface area contributed by atoms with E-state index < -0.39 is 0 Å². The number of rotatable bonds is 4. The molecule has 7 heteroatoms. The van der Waals surface area contributed by atoms with Gasteiger partial charge in [0.2, 0.25) is 5.88 Å². The molecule has 0 radical (unpaired) electrons. The van der Waals surface area contributed by atoms with E-state index >= 15 is 0 Å². The Labute approximate surface area is 151 Å². The zero-order chi connectivity index (χ0) is 17.9. The summed E-state index contributed by atoms with van der Waals surface area (Å²) in [5, 5.41) is 12.2. The van der Waals surface area contributed by atoms with Crippen LogP contribution in [0.4, 0.5) is 0 Å². The van der Waals surface area contributed by atoms with Crippen molar-refractivity contribution in [3.8, 4) is 11.6 Å². The molecule has 2 aromatic heterocycles. The summed E-state index contributed by atoms with van der Waals surface area (Å²) in [6, 6.07) is 13.0. The number of carbonyl (C=O) groups excluding carboxylic acids is 1. The average molecular weight is 349 g/mol. The number of nitrogens with zero attached hydrogens (tertiary/aromatic N) is 5. The van der Waals surface area contributed by atoms with Gasteiger partial charge >= 0.3 is 0 Å². The summed E-state index contributed by atoms with van der Waals surface area (Å²) >= 11 is 0. The molecule has 1 aromatic carbocycles. The predicted molar refractivity (Wildman–Crippen MR) is 95.3 cm³/mol. The molecule has 1 fully saturated rings. The zero-order valence-electron chi connectivity index (χ0n) is 14.4. The molecule has 1 atom stereocenters. The van der Waals surface area contributed by atoms with Gasteiger partial charge < -0.3 is 9.64 Å². The quantitative estimate of drug-likeness (QED) is 0.722. The SMILES string of the molecule is Cc1ccc(OC2CCN(C(=O)c3cccc(-n4cccn4)c3)C2)nn1. The third kappa shape index (κ3) is 3.42. The lowest BCUT2D eigenvalue weighted by Gasteiger charge is -2.17. The van der Waals surface area contributed by atoms with Crippen molar-refractivity contribution in [2.24, 2.45) is 0 Å². The van der Waals surface area contributed by atoms with Gasteiger partial charge in [0, 0.05) is 37.0 Å². The molecule has 0 bridgehead atoms. The van der Waals surface area contributed by atoms with E-state index in [1.165, 1.54) is 0 Å². The van der Waals surface area contributed by atoms with Crippen LogP contribution in [0.1, 0.15) is 22.5 Å². The lowest BCUT2D eigenvalue weighted by atomic mass is 10.2. The minimum atomic E-state index is -0.0646. The molecule has 0 spiro atoms. The van der Waals surface area contributed by atoms with Crippen LogP contribution in [0.15, 0.2) is 54.9 Å². The van der Waals surface area contributed by atoms with Crippen molar-refractivity contribution in [2.45, 2.75) is 19.4 Å². The van der Waals surface area contributed by atoms with Gasteiger partial charge in [-0.2, -0.15) is 10.2 Å². The minimum absolute atomic E-state index is 0.0000893. The molecular formula is C19H19N5O2. The topological polar surface area (TPSA) is 73.1 Å². The monoisotopic (exact) mass is 349 g/mol. The summed E-state index contributed by atoms with van der Waals surface area (Å²) in [5.41, 5.74) is 2.36. The van der Waals surface area contributed by atoms with Crippen molar-refractivity contribution in [1.29, 1.82) is 0 Å². The second kappa shape index (κ2) is 6.95. The Morgan fingerprint density at radius 2 is 2.12 bits per heavy atom. The van der Waals surface area contributed by atoms with Crippen LogP contribution in [0.5, 0.6) is 5.88 Å². The Morgan fingerprint density at radius 3 is 2.88 bits per heavy atom. The number of ether oxygens (including phenoxy) is 1. The normalized spacial score (nSPS) is 16.7. The van der Waals surface area contributed by atoms with Crippen LogP contribution in [-0.2, 0) is 0 Å². The van der Waals surface area contributed by atoms with Crippen molar-refractivity contribution in [2.75, 3.05) is 13.1 Å². The van der Waals surface area contributed by atoms with E-state index in [4.69, 9.17) is 4.74 Å². The maximum atomic E-state index is 12.8. The van der Waals surface area contributed by atoms with Crippen LogP contribution < -0.4 is 4.74 Å². The standard InChI is InChI=1S/C19H19N5O2/c1-14-6-7-18(22-21-14)26-17-8-11-23(13-17)19(25)15-4-2-5-16(12-15)24-10-3-9-20-24/h2-7,9-10,12,17H,8,11,13H2,1H3. The van der Waals surface area contributed by atoms with Crippen LogP contribution in [0.2, 0.25) is 0 Å². The summed E-state index contributed by atoms with van der Waals surface area (Å²) in [6.45, 7) is 3.08. The summed E-state index contributed by atoms with van der Waals surface area (Å²) in [6.07, 6.45) is 4.28. The largest absolute Gasteiger partial charge is 0.471 e. The highest BCUT2D eigenvalue weighted by Crippen LogP contribution is 2.19. The van der Waals surface area contributed by atoms with Crippen molar-refractivity contribution >= 4 is 5.91 Å². The molecule has 1 amide bonds. The first-order chi connectivity index (χ1) is 12.7. The van der Waals surface area contributed by atoms with E-state index in [1.807, 2.05) is 54.4 Å². The van der Waals surface area contributed by atoms with Gasteiger partial charge in [-0.05, 0) is 37.3 Å². The van der Waals surface area contributed by atoms with Crippen molar-refractivity contribution in [1.82, 2.24) is 24.9 Å². The summed E-state index contributed by atoms with van der Waals surface area (Å²) in [4.78, 5) is 14.6. The number of amides is 1. The molecule has 3 aromatic rings. The Kier molecular flexibility index (Phi) is 4.35. The molecule has 7 nitrogen and oxygen atoms in total. The van der Waals surface area contributed by atoms with Gasteiger partial charge in [0.25, 0.3) is 5.91 Å². The molecule has 0 saturated carbocycles. The fourth-order valence-electron chi connectivity index (χ4n) is 3.01. The lowest BCUT2D eigenvalue weighted by Crippen LogP contribution is -2.31. The summed E-state index contributed by atoms with van der Waals surface area (Å²) in [5.74, 6) is 0.496. The Balaban J connectivity index is 1.43. The molecular weight excluding hydrogens is 330 g/mol. The molecule has 4 rings (SSSR count). The van der Waals surface area contributed by atoms with Gasteiger partial charge in [0.15, 0.2) is 0 Å². The van der Waals surface area contributed by atoms with Crippen molar-refractivity contribution in [3.63, 3.8) is 0 Å². The van der Waals surface area contributed by atoms with Crippen molar-refractivity contribution in [3.05, 3.63) is 66.1 Å². The number of hydrogen-bond acceptors (Lipinski definition) is 5. The van der Waals surface area contributed by atoms with Gasteiger partial charge in [-0.1, -0.05) is 6.07 Å². The van der Waals surface area contributed by atoms with Crippen LogP contribution in [0.3, 0.4) is 0 Å². The van der Waals surface area contributed by atoms with E-state index in [0.29, 0.717) is 24.5 Å². The van der Waals surface area contributed by atoms with Gasteiger partial charge in [-0.15, -0.1) is 5.10 Å². The van der Waals surface area contributed by atoms with E-state index in [1.54, 1.807) is 16.9 Å². The molecule has 0 aliphatic carbocycles. The molecule has 3 heterocycles. The Morgan fingerprint density at radius 1 is 1.19 bits per heavy atom. The highest BCUT2D eigenvalue weighted by molar-refractivity contribution is 5.95. The van der Waals surface area contributed by atoms with Crippen LogP contribution in [-0.4, -0.2) is 50.0 Å². The molecule has 1 aliphatic rings. The smallest absolute Gasteiger partial charge is 0.254 e. The highest BCUT2D eigenvalue weighted by atomic mass is 16.5. The average Bonchev–Trinajstić information content (AvgIpc) is 3.35. The molecule has 1 saturated heterocycles. The lowest BCUT2D eigenvalue weighted by molar-refractivity contribution is 0.0771. The molecule has 26 heavy (non-hydrogen) atoms. The third-order valence-corrected chi connectivity index (χ3v) is 4.36. The van der Waals surface area contributed by atoms with Gasteiger partial charge in [0.1, 0.15) is 6.10 Å². The fraction of sp³-hybridized carbons (Fsp3) is 0.263. The molecule has 1 unspecified atom stereocenters. The molecule has 1 aliphatic heterocycles. The van der Waals surface area contributed by atoms with Crippen molar-refractivity contribution < 1.29 is 9.53 Å². The van der Waals surface area contributed by atoms with Gasteiger partial charge in [0.05, 0.1) is 17.9 Å². The first-order valence-corrected chi connectivity index (χ1v) is 8.55.